The van der Waals surface area contributed by atoms with Crippen LogP contribution in [0.2, 0.25) is 54.4 Å². The van der Waals surface area contributed by atoms with Crippen molar-refractivity contribution < 1.29 is 27.9 Å². The molecule has 208 valence electrons. The number of nitrogens with two attached hydrogens (primary N) is 1. The van der Waals surface area contributed by atoms with Gasteiger partial charge in [0.1, 0.15) is 18.3 Å². The molecule has 1 rings (SSSR count). The highest BCUT2D eigenvalue weighted by atomic mass is 28.4. The number of carbonyl (C=O) groups is 1. The molecule has 3 N–H and O–H groups in total. The number of aliphatic carboxylic acids is 1. The van der Waals surface area contributed by atoms with E-state index in [1.165, 1.54) is 0 Å². The first-order chi connectivity index (χ1) is 16.6. The fourth-order valence-electron chi connectivity index (χ4n) is 5.57. The van der Waals surface area contributed by atoms with Crippen LogP contribution >= 0.6 is 0 Å². The fraction of sp³-hybridized carbons (Fsp3) is 0.960. The van der Waals surface area contributed by atoms with Gasteiger partial charge in [-0.1, -0.05) is 62.3 Å². The Kier molecular flexibility index (Phi) is 13.9. The summed E-state index contributed by atoms with van der Waals surface area (Å²) >= 11 is 0. The lowest BCUT2D eigenvalue weighted by Crippen LogP contribution is -2.68. The van der Waals surface area contributed by atoms with E-state index in [1.807, 2.05) is 0 Å². The largest absolute Gasteiger partial charge is 0.479 e. The van der Waals surface area contributed by atoms with Gasteiger partial charge in [0.05, 0.1) is 6.10 Å². The van der Waals surface area contributed by atoms with E-state index in [0.29, 0.717) is 0 Å². The molecule has 0 radical (unpaired) electrons. The van der Waals surface area contributed by atoms with Gasteiger partial charge in [0.2, 0.25) is 0 Å². The molecule has 0 amide bonds. The van der Waals surface area contributed by atoms with E-state index in [9.17, 15) is 9.90 Å². The zero-order valence-corrected chi connectivity index (χ0v) is 27.0. The van der Waals surface area contributed by atoms with Gasteiger partial charge in [-0.25, -0.2) is 4.79 Å². The van der Waals surface area contributed by atoms with Crippen LogP contribution in [0.1, 0.15) is 62.3 Å². The molecular weight excluding hydrogens is 495 g/mol. The topological polar surface area (TPSA) is 100 Å². The average Bonchev–Trinajstić information content (AvgIpc) is 2.90. The molecule has 0 aromatic rings. The summed E-state index contributed by atoms with van der Waals surface area (Å²) in [6, 6.07) is 8.66. The average molecular weight is 550 g/mol. The highest BCUT2D eigenvalue weighted by molar-refractivity contribution is 6.74. The minimum absolute atomic E-state index is 0.194. The third-order valence-electron chi connectivity index (χ3n) is 9.07. The van der Waals surface area contributed by atoms with Crippen molar-refractivity contribution >= 4 is 30.9 Å². The van der Waals surface area contributed by atoms with Crippen molar-refractivity contribution in [2.45, 2.75) is 147 Å². The molecule has 10 heteroatoms. The van der Waals surface area contributed by atoms with Crippen LogP contribution in [0.15, 0.2) is 0 Å². The van der Waals surface area contributed by atoms with E-state index in [-0.39, 0.29) is 6.54 Å². The Morgan fingerprint density at radius 2 is 0.971 bits per heavy atom. The van der Waals surface area contributed by atoms with E-state index >= 15 is 0 Å². The molecule has 0 bridgehead atoms. The number of hydrogen-bond donors (Lipinski definition) is 2. The van der Waals surface area contributed by atoms with Crippen LogP contribution < -0.4 is 5.73 Å². The lowest BCUT2D eigenvalue weighted by atomic mass is 9.95. The van der Waals surface area contributed by atoms with Crippen LogP contribution in [0.4, 0.5) is 0 Å². The molecule has 1 aliphatic heterocycles. The van der Waals surface area contributed by atoms with Gasteiger partial charge in [-0.3, -0.25) is 0 Å². The number of ether oxygens (including phenoxy) is 1. The summed E-state index contributed by atoms with van der Waals surface area (Å²) in [7, 11) is -6.36. The maximum absolute atomic E-state index is 12.6. The quantitative estimate of drug-likeness (QED) is 0.216. The van der Waals surface area contributed by atoms with Gasteiger partial charge in [-0.15, -0.1) is 0 Å². The van der Waals surface area contributed by atoms with Crippen LogP contribution in [0.3, 0.4) is 0 Å². The summed E-state index contributed by atoms with van der Waals surface area (Å²) in [5.41, 5.74) is 6.22. The SMILES string of the molecule is CC[Si](CC)(CC)O[C@H]1[C@H](O[Si](CC)(CC)CC)[C@@H](CN)OC(C(=O)O)[C@H]1O[Si](CC)(CC)CC. The van der Waals surface area contributed by atoms with Crippen LogP contribution in [0.5, 0.6) is 0 Å². The van der Waals surface area contributed by atoms with Gasteiger partial charge in [0.25, 0.3) is 0 Å². The summed E-state index contributed by atoms with van der Waals surface area (Å²) in [6.07, 6.45) is -3.24. The highest BCUT2D eigenvalue weighted by Gasteiger charge is 2.55. The zero-order chi connectivity index (χ0) is 26.9. The van der Waals surface area contributed by atoms with Gasteiger partial charge in [-0.2, -0.15) is 0 Å². The third-order valence-corrected chi connectivity index (χ3v) is 23.0. The van der Waals surface area contributed by atoms with E-state index in [0.717, 1.165) is 54.4 Å². The van der Waals surface area contributed by atoms with Gasteiger partial charge in [0.15, 0.2) is 31.1 Å². The molecule has 1 fully saturated rings. The number of carboxylic acids is 1. The maximum atomic E-state index is 12.6. The first-order valence-electron chi connectivity index (χ1n) is 14.2. The minimum Gasteiger partial charge on any atom is -0.479 e. The van der Waals surface area contributed by atoms with Crippen molar-refractivity contribution in [2.75, 3.05) is 6.54 Å². The van der Waals surface area contributed by atoms with Crippen LogP contribution in [0.25, 0.3) is 0 Å². The Hall–Kier alpha value is -0.0794. The van der Waals surface area contributed by atoms with Crippen LogP contribution in [0, 0.1) is 0 Å². The minimum atomic E-state index is -2.17. The van der Waals surface area contributed by atoms with Gasteiger partial charge < -0.3 is 28.9 Å². The summed E-state index contributed by atoms with van der Waals surface area (Å²) in [6.45, 7) is 19.9. The van der Waals surface area contributed by atoms with Crippen molar-refractivity contribution in [2.24, 2.45) is 5.73 Å². The fourth-order valence-corrected chi connectivity index (χ4v) is 14.1. The van der Waals surface area contributed by atoms with Gasteiger partial charge in [-0.05, 0) is 54.4 Å². The molecule has 0 aromatic carbocycles. The molecule has 1 unspecified atom stereocenters. The Balaban J connectivity index is 3.74. The molecule has 0 aliphatic carbocycles. The number of carboxylic acid groups (broad SMARTS) is 1. The Labute approximate surface area is 218 Å². The molecular formula is C25H55NO6Si3. The lowest BCUT2D eigenvalue weighted by Gasteiger charge is -2.52. The summed E-state index contributed by atoms with van der Waals surface area (Å²) in [5.74, 6) is -1.01. The van der Waals surface area contributed by atoms with Crippen molar-refractivity contribution in [3.05, 3.63) is 0 Å². The number of rotatable bonds is 17. The second-order valence-corrected chi connectivity index (χ2v) is 24.3. The van der Waals surface area contributed by atoms with Crippen molar-refractivity contribution in [3.63, 3.8) is 0 Å². The third kappa shape index (κ3) is 7.49. The maximum Gasteiger partial charge on any atom is 0.335 e. The molecule has 5 atom stereocenters. The van der Waals surface area contributed by atoms with Crippen molar-refractivity contribution in [1.82, 2.24) is 0 Å². The molecule has 0 saturated carbocycles. The first kappa shape index (κ1) is 32.9. The number of hydrogen-bond acceptors (Lipinski definition) is 6. The molecule has 1 saturated heterocycles. The lowest BCUT2D eigenvalue weighted by molar-refractivity contribution is -0.215. The Bertz CT molecular complexity index is 604. The summed E-state index contributed by atoms with van der Waals surface area (Å²) in [4.78, 5) is 12.6. The standard InChI is InChI=1S/C25H55NO6Si3/c1-10-33(11-2,12-3)30-21-20(19-26)29-24(25(27)28)23(32-35(16-7,17-8)18-9)22(21)31-34(13-4,14-5)15-6/h20-24H,10-19,26H2,1-9H3,(H,27,28)/t20-,21-,22+,23+,24?/m1/s1. The molecule has 0 spiro atoms. The zero-order valence-electron chi connectivity index (χ0n) is 24.0. The molecule has 35 heavy (non-hydrogen) atoms. The molecule has 1 heterocycles. The van der Waals surface area contributed by atoms with E-state index in [1.54, 1.807) is 0 Å². The second kappa shape index (κ2) is 14.8. The first-order valence-corrected chi connectivity index (χ1v) is 21.8. The smallest absolute Gasteiger partial charge is 0.335 e. The second-order valence-electron chi connectivity index (χ2n) is 10.1. The highest BCUT2D eigenvalue weighted by Crippen LogP contribution is 2.39. The molecule has 7 nitrogen and oxygen atoms in total. The molecule has 1 aliphatic rings. The molecule has 0 aromatic heterocycles. The van der Waals surface area contributed by atoms with Gasteiger partial charge >= 0.3 is 5.97 Å². The summed E-state index contributed by atoms with van der Waals surface area (Å²) < 4.78 is 27.4. The van der Waals surface area contributed by atoms with E-state index in [4.69, 9.17) is 23.7 Å². The monoisotopic (exact) mass is 549 g/mol. The van der Waals surface area contributed by atoms with Gasteiger partial charge in [0, 0.05) is 6.54 Å². The van der Waals surface area contributed by atoms with E-state index < -0.39 is 61.4 Å². The van der Waals surface area contributed by atoms with E-state index in [2.05, 4.69) is 62.3 Å². The van der Waals surface area contributed by atoms with Crippen LogP contribution in [-0.4, -0.2) is 73.1 Å². The summed E-state index contributed by atoms with van der Waals surface area (Å²) in [5, 5.41) is 10.3. The predicted octanol–water partition coefficient (Wildman–Crippen LogP) is 5.97. The van der Waals surface area contributed by atoms with Crippen molar-refractivity contribution in [3.8, 4) is 0 Å². The van der Waals surface area contributed by atoms with Crippen LogP contribution in [-0.2, 0) is 22.8 Å². The Morgan fingerprint density at radius 1 is 0.657 bits per heavy atom. The Morgan fingerprint density at radius 3 is 1.26 bits per heavy atom. The normalized spacial score (nSPS) is 26.2. The van der Waals surface area contributed by atoms with Crippen molar-refractivity contribution in [1.29, 1.82) is 0 Å². The predicted molar refractivity (Wildman–Crippen MR) is 152 cm³/mol.